The van der Waals surface area contributed by atoms with E-state index in [0.29, 0.717) is 6.54 Å². The number of amidine groups is 1. The van der Waals surface area contributed by atoms with Gasteiger partial charge in [0.1, 0.15) is 11.5 Å². The molecule has 3 aromatic heterocycles. The largest absolute Gasteiger partial charge is 0.355 e. The summed E-state index contributed by atoms with van der Waals surface area (Å²) in [4.78, 5) is 24.6. The first-order valence-corrected chi connectivity index (χ1v) is 14.3. The maximum absolute atomic E-state index is 6.80. The van der Waals surface area contributed by atoms with E-state index in [1.807, 2.05) is 30.3 Å². The van der Waals surface area contributed by atoms with Gasteiger partial charge in [-0.05, 0) is 60.8 Å². The highest BCUT2D eigenvalue weighted by Crippen LogP contribution is 2.51. The van der Waals surface area contributed by atoms with Crippen molar-refractivity contribution in [2.24, 2.45) is 23.2 Å². The van der Waals surface area contributed by atoms with Crippen LogP contribution in [-0.4, -0.2) is 50.2 Å². The summed E-state index contributed by atoms with van der Waals surface area (Å²) in [6, 6.07) is 13.1. The zero-order valence-electron chi connectivity index (χ0n) is 22.8. The number of anilines is 2. The van der Waals surface area contributed by atoms with Gasteiger partial charge in [-0.15, -0.1) is 0 Å². The van der Waals surface area contributed by atoms with Gasteiger partial charge in [0.2, 0.25) is 0 Å². The molecule has 4 aromatic rings. The maximum atomic E-state index is 6.80. The summed E-state index contributed by atoms with van der Waals surface area (Å²) >= 11 is 0. The van der Waals surface area contributed by atoms with Gasteiger partial charge in [-0.3, -0.25) is 14.7 Å². The highest BCUT2D eigenvalue weighted by molar-refractivity contribution is 6.11. The molecule has 1 aliphatic carbocycles. The van der Waals surface area contributed by atoms with Crippen molar-refractivity contribution in [3.8, 4) is 11.3 Å². The molecule has 1 spiro atoms. The third-order valence-electron chi connectivity index (χ3n) is 9.39. The number of benzene rings is 1. The van der Waals surface area contributed by atoms with Gasteiger partial charge in [-0.2, -0.15) is 5.10 Å². The molecule has 4 aliphatic rings. The van der Waals surface area contributed by atoms with Crippen LogP contribution in [0.15, 0.2) is 60.0 Å². The van der Waals surface area contributed by atoms with Crippen molar-refractivity contribution in [1.29, 1.82) is 0 Å². The summed E-state index contributed by atoms with van der Waals surface area (Å²) in [6.07, 6.45) is 11.0. The standard InChI is InChI=1S/C31H33N9/c1-38-19-21(16-35-38)23-8-9-26-24(36-23)7-4-12-40(26)30-28-25(17-34-30)37-27(18-33-28)39-13-10-31(11-14-39)15-20-5-2-3-6-22(20)29(31)32/h2-3,5-6,8-9,16,18-19,29H,4,7,10-15,17,32H2,1H3/t29-/m1/s1. The predicted molar refractivity (Wildman–Crippen MR) is 155 cm³/mol. The number of nitrogens with two attached hydrogens (primary N) is 1. The fourth-order valence-electron chi connectivity index (χ4n) is 7.17. The number of hydrogen-bond acceptors (Lipinski definition) is 8. The number of hydrogen-bond donors (Lipinski definition) is 1. The second-order valence-corrected chi connectivity index (χ2v) is 11.7. The number of aliphatic imine (C=N–C) groups is 1. The Balaban J connectivity index is 1.00. The smallest absolute Gasteiger partial charge is 0.156 e. The quantitative estimate of drug-likeness (QED) is 0.420. The minimum absolute atomic E-state index is 0.121. The Morgan fingerprint density at radius 2 is 1.85 bits per heavy atom. The van der Waals surface area contributed by atoms with E-state index >= 15 is 0 Å². The zero-order valence-corrected chi connectivity index (χ0v) is 22.8. The van der Waals surface area contributed by atoms with Crippen LogP contribution >= 0.6 is 0 Å². The monoisotopic (exact) mass is 531 g/mol. The Bertz CT molecular complexity index is 1650. The summed E-state index contributed by atoms with van der Waals surface area (Å²) in [7, 11) is 1.93. The van der Waals surface area contributed by atoms with Crippen LogP contribution in [0.4, 0.5) is 11.5 Å². The average Bonchev–Trinajstić information content (AvgIpc) is 3.69. The van der Waals surface area contributed by atoms with Crippen molar-refractivity contribution >= 4 is 17.3 Å². The Morgan fingerprint density at radius 1 is 0.975 bits per heavy atom. The highest BCUT2D eigenvalue weighted by atomic mass is 15.3. The second kappa shape index (κ2) is 8.96. The van der Waals surface area contributed by atoms with Crippen LogP contribution < -0.4 is 15.5 Å². The molecular weight excluding hydrogens is 498 g/mol. The van der Waals surface area contributed by atoms with Gasteiger partial charge in [0.25, 0.3) is 0 Å². The van der Waals surface area contributed by atoms with Gasteiger partial charge in [0.05, 0.1) is 41.7 Å². The Labute approximate surface area is 233 Å². The van der Waals surface area contributed by atoms with Crippen molar-refractivity contribution in [2.45, 2.75) is 44.7 Å². The molecule has 9 heteroatoms. The summed E-state index contributed by atoms with van der Waals surface area (Å²) in [5, 5.41) is 4.30. The van der Waals surface area contributed by atoms with Gasteiger partial charge in [0, 0.05) is 44.5 Å². The summed E-state index contributed by atoms with van der Waals surface area (Å²) in [6.45, 7) is 3.37. The minimum Gasteiger partial charge on any atom is -0.355 e. The molecule has 8 rings (SSSR count). The van der Waals surface area contributed by atoms with E-state index < -0.39 is 0 Å². The molecular formula is C31H33N9. The van der Waals surface area contributed by atoms with Crippen molar-refractivity contribution in [3.05, 3.63) is 83.2 Å². The van der Waals surface area contributed by atoms with Crippen LogP contribution in [0.2, 0.25) is 0 Å². The lowest BCUT2D eigenvalue weighted by atomic mass is 9.73. The molecule has 0 radical (unpaired) electrons. The van der Waals surface area contributed by atoms with Crippen molar-refractivity contribution in [1.82, 2.24) is 24.7 Å². The minimum atomic E-state index is 0.121. The van der Waals surface area contributed by atoms with Crippen LogP contribution in [0.5, 0.6) is 0 Å². The molecule has 2 N–H and O–H groups in total. The van der Waals surface area contributed by atoms with Crippen LogP contribution in [-0.2, 0) is 26.4 Å². The van der Waals surface area contributed by atoms with Gasteiger partial charge in [-0.25, -0.2) is 9.97 Å². The summed E-state index contributed by atoms with van der Waals surface area (Å²) < 4.78 is 1.81. The topological polar surface area (TPSA) is 101 Å². The number of aromatic nitrogens is 5. The Hall–Kier alpha value is -4.11. The first-order valence-electron chi connectivity index (χ1n) is 14.3. The third kappa shape index (κ3) is 3.67. The lowest BCUT2D eigenvalue weighted by molar-refractivity contribution is 0.187. The highest BCUT2D eigenvalue weighted by Gasteiger charge is 2.46. The number of aryl methyl sites for hydroxylation is 2. The fraction of sp³-hybridized carbons (Fsp3) is 0.387. The Kier molecular flexibility index (Phi) is 5.32. The van der Waals surface area contributed by atoms with Crippen LogP contribution in [0.1, 0.15) is 53.5 Å². The van der Waals surface area contributed by atoms with Gasteiger partial charge in [0.15, 0.2) is 5.84 Å². The van der Waals surface area contributed by atoms with E-state index in [-0.39, 0.29) is 11.5 Å². The lowest BCUT2D eigenvalue weighted by Gasteiger charge is -2.42. The fourth-order valence-corrected chi connectivity index (χ4v) is 7.17. The van der Waals surface area contributed by atoms with E-state index in [2.05, 4.69) is 51.3 Å². The molecule has 0 unspecified atom stereocenters. The van der Waals surface area contributed by atoms with E-state index in [9.17, 15) is 0 Å². The lowest BCUT2D eigenvalue weighted by Crippen LogP contribution is -2.44. The molecule has 202 valence electrons. The number of pyridine rings is 1. The van der Waals surface area contributed by atoms with E-state index in [0.717, 1.165) is 97.4 Å². The van der Waals surface area contributed by atoms with Crippen LogP contribution in [0, 0.1) is 5.41 Å². The molecule has 1 aromatic carbocycles. The Morgan fingerprint density at radius 3 is 2.67 bits per heavy atom. The van der Waals surface area contributed by atoms with E-state index in [4.69, 9.17) is 25.7 Å². The molecule has 1 fully saturated rings. The van der Waals surface area contributed by atoms with Crippen LogP contribution in [0.25, 0.3) is 11.3 Å². The maximum Gasteiger partial charge on any atom is 0.156 e. The predicted octanol–water partition coefficient (Wildman–Crippen LogP) is 3.83. The average molecular weight is 532 g/mol. The molecule has 1 atom stereocenters. The summed E-state index contributed by atoms with van der Waals surface area (Å²) in [5.41, 5.74) is 15.8. The number of piperidine rings is 1. The molecule has 6 heterocycles. The molecule has 0 bridgehead atoms. The zero-order chi connectivity index (χ0) is 26.8. The van der Waals surface area contributed by atoms with Gasteiger partial charge < -0.3 is 15.5 Å². The normalized spacial score (nSPS) is 20.9. The molecule has 9 nitrogen and oxygen atoms in total. The van der Waals surface area contributed by atoms with E-state index in [1.165, 1.54) is 11.1 Å². The van der Waals surface area contributed by atoms with Crippen molar-refractivity contribution < 1.29 is 0 Å². The second-order valence-electron chi connectivity index (χ2n) is 11.7. The molecule has 0 saturated carbocycles. The molecule has 1 saturated heterocycles. The number of rotatable bonds is 2. The third-order valence-corrected chi connectivity index (χ3v) is 9.39. The van der Waals surface area contributed by atoms with Gasteiger partial charge >= 0.3 is 0 Å². The van der Waals surface area contributed by atoms with Gasteiger partial charge in [-0.1, -0.05) is 24.3 Å². The molecule has 0 amide bonds. The van der Waals surface area contributed by atoms with Crippen LogP contribution in [0.3, 0.4) is 0 Å². The first-order chi connectivity index (χ1) is 19.6. The van der Waals surface area contributed by atoms with Crippen molar-refractivity contribution in [2.75, 3.05) is 29.4 Å². The van der Waals surface area contributed by atoms with Crippen molar-refractivity contribution in [3.63, 3.8) is 0 Å². The molecule has 3 aliphatic heterocycles. The number of nitrogens with zero attached hydrogens (tertiary/aromatic N) is 8. The number of fused-ring (bicyclic) bond motifs is 3. The van der Waals surface area contributed by atoms with E-state index in [1.54, 1.807) is 0 Å². The summed E-state index contributed by atoms with van der Waals surface area (Å²) in [5.74, 6) is 1.87. The SMILES string of the molecule is Cn1cc(-c2ccc3c(n2)CCCN3C2=NCc3nc(N4CCC5(CC4)Cc4ccccc4[C@H]5N)cnc32)cn1. The molecule has 40 heavy (non-hydrogen) atoms. The first kappa shape index (κ1) is 23.7.